The third-order valence-corrected chi connectivity index (χ3v) is 12.2. The number of amides is 5. The molecule has 3 aliphatic rings. The van der Waals surface area contributed by atoms with Crippen LogP contribution in [0.3, 0.4) is 0 Å². The zero-order valence-electron chi connectivity index (χ0n) is 38.0. The number of carbonyl (C=O) groups excluding carboxylic acids is 5. The Morgan fingerprint density at radius 3 is 2.49 bits per heavy atom. The van der Waals surface area contributed by atoms with E-state index in [9.17, 15) is 28.4 Å². The van der Waals surface area contributed by atoms with Crippen molar-refractivity contribution in [2.75, 3.05) is 56.8 Å². The summed E-state index contributed by atoms with van der Waals surface area (Å²) in [5, 5.41) is 22.6. The van der Waals surface area contributed by atoms with Crippen molar-refractivity contribution in [2.24, 2.45) is 0 Å². The highest BCUT2D eigenvalue weighted by Gasteiger charge is 2.40. The van der Waals surface area contributed by atoms with Gasteiger partial charge in [0.25, 0.3) is 11.8 Å². The van der Waals surface area contributed by atoms with Gasteiger partial charge in [0.05, 0.1) is 12.1 Å². The average Bonchev–Trinajstić information content (AvgIpc) is 3.99. The predicted octanol–water partition coefficient (Wildman–Crippen LogP) is 5.42. The zero-order chi connectivity index (χ0) is 47.3. The van der Waals surface area contributed by atoms with Gasteiger partial charge in [0.1, 0.15) is 24.2 Å². The van der Waals surface area contributed by atoms with E-state index in [2.05, 4.69) is 41.8 Å². The summed E-state index contributed by atoms with van der Waals surface area (Å²) >= 11 is 0. The highest BCUT2D eigenvalue weighted by Crippen LogP contribution is 2.35. The Morgan fingerprint density at radius 2 is 1.67 bits per heavy atom. The molecule has 3 aromatic carbocycles. The summed E-state index contributed by atoms with van der Waals surface area (Å²) < 4.78 is 32.0. The van der Waals surface area contributed by atoms with Crippen LogP contribution in [0.1, 0.15) is 89.0 Å². The lowest BCUT2D eigenvalue weighted by Gasteiger charge is -2.37. The monoisotopic (exact) mass is 966 g/mol. The second-order valence-electron chi connectivity index (χ2n) is 16.9. The Kier molecular flexibility index (Phi) is 17.4. The summed E-state index contributed by atoms with van der Waals surface area (Å²) in [5.74, 6) is -0.509. The Bertz CT molecular complexity index is 2590. The quantitative estimate of drug-likeness (QED) is 0.0377. The number of nitrogens with zero attached hydrogens (tertiary/aromatic N) is 4. The van der Waals surface area contributed by atoms with E-state index in [1.807, 2.05) is 24.3 Å². The summed E-state index contributed by atoms with van der Waals surface area (Å²) in [4.78, 5) is 73.4. The number of unbranched alkanes of at least 4 members (excludes halogenated alkanes) is 2. The van der Waals surface area contributed by atoms with E-state index in [0.717, 1.165) is 56.4 Å². The molecule has 2 aromatic heterocycles. The maximum absolute atomic E-state index is 14.9. The topological polar surface area (TPSA) is 231 Å². The summed E-state index contributed by atoms with van der Waals surface area (Å²) in [5.41, 5.74) is 3.32. The van der Waals surface area contributed by atoms with Crippen LogP contribution in [0.2, 0.25) is 0 Å². The molecule has 0 bridgehead atoms. The van der Waals surface area contributed by atoms with E-state index in [4.69, 9.17) is 19.2 Å². The first-order valence-electron chi connectivity index (χ1n) is 23.0. The van der Waals surface area contributed by atoms with Crippen LogP contribution in [0.25, 0.3) is 11.4 Å². The molecule has 1 unspecified atom stereocenters. The second-order valence-corrected chi connectivity index (χ2v) is 16.9. The van der Waals surface area contributed by atoms with Crippen LogP contribution in [0.4, 0.5) is 15.8 Å². The number of carbonyl (C=O) groups is 5. The number of aromatic amines is 1. The largest absolute Gasteiger partial charge is 0.494 e. The highest BCUT2D eigenvalue weighted by atomic mass is 35.5. The number of anilines is 2. The van der Waals surface area contributed by atoms with Gasteiger partial charge in [-0.05, 0) is 119 Å². The number of pyridine rings is 1. The van der Waals surface area contributed by atoms with Gasteiger partial charge in [-0.25, -0.2) is 9.37 Å². The molecule has 1 atom stereocenters. The van der Waals surface area contributed by atoms with Crippen molar-refractivity contribution in [3.8, 4) is 17.1 Å². The standard InChI is InChI=1S/C49H55FN10O8.ClH/c50-39-12-11-36(28-34(39)29-53-45(63)33-7-4-8-35(27-33)57-49(17-21-52-22-18-49)48-56-44(58-59-48)32-15-19-51-20-16-32)68-26-3-1-2-23-66-24-6-25-67-31-43(62)54-40-10-5-9-37-38(40)30-60(47(37)65)41-13-14-42(61)55-46(41)64;/h4-5,7-12,15-16,19-20,27-28,41,52,57H,1-3,6,13-14,17-18,21-26,29-31H2,(H,53,63)(H,54,62)(H,55,61,64)(H,56,58,59);1H. The number of fused-ring (bicyclic) bond motifs is 1. The van der Waals surface area contributed by atoms with E-state index in [-0.39, 0.29) is 68.6 Å². The third kappa shape index (κ3) is 12.8. The molecule has 18 nitrogen and oxygen atoms in total. The highest BCUT2D eigenvalue weighted by molar-refractivity contribution is 6.07. The number of piperidine rings is 2. The van der Waals surface area contributed by atoms with E-state index in [1.165, 1.54) is 11.0 Å². The molecule has 69 heavy (non-hydrogen) atoms. The molecule has 20 heteroatoms. The van der Waals surface area contributed by atoms with Gasteiger partial charge in [0.15, 0.2) is 11.6 Å². The van der Waals surface area contributed by atoms with Crippen LogP contribution in [0.5, 0.6) is 5.75 Å². The van der Waals surface area contributed by atoms with Gasteiger partial charge in [-0.1, -0.05) is 12.1 Å². The Morgan fingerprint density at radius 1 is 0.884 bits per heavy atom. The molecule has 364 valence electrons. The van der Waals surface area contributed by atoms with Gasteiger partial charge in [-0.2, -0.15) is 5.10 Å². The summed E-state index contributed by atoms with van der Waals surface area (Å²) in [6, 6.07) is 19.8. The molecule has 5 amide bonds. The Labute approximate surface area is 404 Å². The maximum Gasteiger partial charge on any atom is 0.255 e. The van der Waals surface area contributed by atoms with Crippen molar-refractivity contribution >= 4 is 53.3 Å². The van der Waals surface area contributed by atoms with E-state index < -0.39 is 23.3 Å². The van der Waals surface area contributed by atoms with Gasteiger partial charge >= 0.3 is 0 Å². The first kappa shape index (κ1) is 50.1. The fourth-order valence-electron chi connectivity index (χ4n) is 8.54. The van der Waals surface area contributed by atoms with Crippen molar-refractivity contribution < 1.29 is 42.6 Å². The lowest BCUT2D eigenvalue weighted by atomic mass is 9.87. The first-order valence-corrected chi connectivity index (χ1v) is 23.0. The number of ether oxygens (including phenoxy) is 3. The zero-order valence-corrected chi connectivity index (χ0v) is 38.8. The fraction of sp³-hybridized carbons (Fsp3) is 0.388. The predicted molar refractivity (Wildman–Crippen MR) is 255 cm³/mol. The number of H-pyrrole nitrogens is 1. The summed E-state index contributed by atoms with van der Waals surface area (Å²) in [7, 11) is 0. The molecular formula is C49H56ClFN10O8. The number of nitrogens with one attached hydrogen (secondary N) is 6. The molecule has 0 spiro atoms. The smallest absolute Gasteiger partial charge is 0.255 e. The SMILES string of the molecule is Cl.O=C1CCC(N2Cc3c(NC(=O)COCCCOCCCCCOc4ccc(F)c(CNC(=O)c5cccc(NC6(c7nc(-c8ccncc8)n[nH]7)CCNCC6)c5)c4)cccc3C2=O)C(=O)N1. The van der Waals surface area contributed by atoms with Gasteiger partial charge < -0.3 is 40.4 Å². The van der Waals surface area contributed by atoms with Gasteiger partial charge in [-0.15, -0.1) is 12.4 Å². The van der Waals surface area contributed by atoms with Crippen LogP contribution >= 0.6 is 12.4 Å². The molecule has 2 saturated heterocycles. The van der Waals surface area contributed by atoms with Crippen LogP contribution in [0.15, 0.2) is 85.2 Å². The molecular weight excluding hydrogens is 911 g/mol. The minimum atomic E-state index is -0.741. The molecule has 5 heterocycles. The van der Waals surface area contributed by atoms with Crippen LogP contribution in [0, 0.1) is 5.82 Å². The molecule has 8 rings (SSSR count). The number of rotatable bonds is 22. The average molecular weight is 967 g/mol. The number of benzene rings is 3. The first-order chi connectivity index (χ1) is 33.2. The van der Waals surface area contributed by atoms with Gasteiger partial charge in [0.2, 0.25) is 17.7 Å². The minimum absolute atomic E-state index is 0. The second kappa shape index (κ2) is 24.0. The molecule has 0 saturated carbocycles. The molecule has 5 aromatic rings. The number of halogens is 2. The number of aromatic nitrogens is 4. The van der Waals surface area contributed by atoms with Crippen molar-refractivity contribution in [1.29, 1.82) is 0 Å². The molecule has 3 aliphatic heterocycles. The van der Waals surface area contributed by atoms with Crippen LogP contribution in [-0.2, 0) is 42.5 Å². The summed E-state index contributed by atoms with van der Waals surface area (Å²) in [6.07, 6.45) is 8.36. The van der Waals surface area contributed by atoms with Crippen LogP contribution in [-0.4, -0.2) is 107 Å². The lowest BCUT2D eigenvalue weighted by Crippen LogP contribution is -2.52. The van der Waals surface area contributed by atoms with E-state index in [1.54, 1.807) is 54.9 Å². The van der Waals surface area contributed by atoms with Gasteiger partial charge in [-0.3, -0.25) is 39.4 Å². The third-order valence-electron chi connectivity index (χ3n) is 12.2. The molecule has 0 aliphatic carbocycles. The summed E-state index contributed by atoms with van der Waals surface area (Å²) in [6.45, 7) is 3.29. The van der Waals surface area contributed by atoms with E-state index >= 15 is 0 Å². The Hall–Kier alpha value is -6.80. The van der Waals surface area contributed by atoms with E-state index in [0.29, 0.717) is 78.2 Å². The van der Waals surface area contributed by atoms with Crippen molar-refractivity contribution in [3.05, 3.63) is 119 Å². The lowest BCUT2D eigenvalue weighted by molar-refractivity contribution is -0.137. The maximum atomic E-state index is 14.9. The number of imide groups is 1. The Balaban J connectivity index is 0.00000703. The number of hydrogen-bond acceptors (Lipinski definition) is 13. The van der Waals surface area contributed by atoms with Crippen LogP contribution < -0.4 is 31.3 Å². The van der Waals surface area contributed by atoms with Crippen molar-refractivity contribution in [3.63, 3.8) is 0 Å². The van der Waals surface area contributed by atoms with Crippen molar-refractivity contribution in [1.82, 2.24) is 41.0 Å². The van der Waals surface area contributed by atoms with Gasteiger partial charge in [0, 0.05) is 90.9 Å². The molecule has 6 N–H and O–H groups in total. The molecule has 0 radical (unpaired) electrons. The normalized spacial score (nSPS) is 16.3. The van der Waals surface area contributed by atoms with Crippen molar-refractivity contribution in [2.45, 2.75) is 76.0 Å². The molecule has 2 fully saturated rings. The number of hydrogen-bond donors (Lipinski definition) is 6. The minimum Gasteiger partial charge on any atom is -0.494 e. The fourth-order valence-corrected chi connectivity index (χ4v) is 8.54.